The van der Waals surface area contributed by atoms with Gasteiger partial charge in [-0.05, 0) is 55.3 Å². The lowest BCUT2D eigenvalue weighted by molar-refractivity contribution is 0.244. The molecule has 2 amide bonds. The molecule has 1 aromatic carbocycles. The van der Waals surface area contributed by atoms with Gasteiger partial charge in [0.25, 0.3) is 5.56 Å². The highest BCUT2D eigenvalue weighted by Gasteiger charge is 2.18. The number of nitrogens with zero attached hydrogens (tertiary/aromatic N) is 1. The molecule has 0 spiro atoms. The van der Waals surface area contributed by atoms with Crippen LogP contribution >= 0.6 is 11.8 Å². The van der Waals surface area contributed by atoms with Crippen LogP contribution in [-0.2, 0) is 5.75 Å². The normalized spacial score (nSPS) is 14.7. The summed E-state index contributed by atoms with van der Waals surface area (Å²) in [6, 6.07) is 8.20. The summed E-state index contributed by atoms with van der Waals surface area (Å²) in [5.41, 5.74) is 5.13. The number of aromatic amines is 1. The average molecular weight is 425 g/mol. The molecule has 1 saturated carbocycles. The number of H-pyrrole nitrogens is 1. The van der Waals surface area contributed by atoms with E-state index in [9.17, 15) is 9.59 Å². The summed E-state index contributed by atoms with van der Waals surface area (Å²) in [6.07, 6.45) is 11.2. The highest BCUT2D eigenvalue weighted by atomic mass is 32.2. The van der Waals surface area contributed by atoms with Crippen LogP contribution in [0.3, 0.4) is 0 Å². The quantitative estimate of drug-likeness (QED) is 0.544. The van der Waals surface area contributed by atoms with E-state index in [0.29, 0.717) is 5.52 Å². The summed E-state index contributed by atoms with van der Waals surface area (Å²) in [5.74, 6) is 0.879. The number of carbonyl (C=O) groups excluding carboxylic acids is 1. The van der Waals surface area contributed by atoms with E-state index in [1.807, 2.05) is 35.7 Å². The number of hydrogen-bond acceptors (Lipinski definition) is 3. The second kappa shape index (κ2) is 9.00. The third-order valence-corrected chi connectivity index (χ3v) is 6.36. The molecule has 3 N–H and O–H groups in total. The average Bonchev–Trinajstić information content (AvgIpc) is 3.08. The molecule has 7 heteroatoms. The van der Waals surface area contributed by atoms with Crippen molar-refractivity contribution in [3.8, 4) is 11.3 Å². The number of aromatic nitrogens is 2. The van der Waals surface area contributed by atoms with E-state index >= 15 is 0 Å². The van der Waals surface area contributed by atoms with E-state index in [2.05, 4.69) is 27.9 Å². The van der Waals surface area contributed by atoms with Gasteiger partial charge in [0.05, 0.1) is 11.4 Å². The van der Waals surface area contributed by atoms with Crippen LogP contribution in [0.1, 0.15) is 43.2 Å². The molecule has 6 nitrogen and oxygen atoms in total. The summed E-state index contributed by atoms with van der Waals surface area (Å²) in [4.78, 5) is 27.8. The lowest BCUT2D eigenvalue weighted by atomic mass is 9.96. The summed E-state index contributed by atoms with van der Waals surface area (Å²) in [7, 11) is 0. The summed E-state index contributed by atoms with van der Waals surface area (Å²) in [6.45, 7) is 1.93. The maximum absolute atomic E-state index is 12.7. The topological polar surface area (TPSA) is 78.4 Å². The van der Waals surface area contributed by atoms with Crippen LogP contribution in [0.4, 0.5) is 10.5 Å². The first-order valence-electron chi connectivity index (χ1n) is 10.5. The van der Waals surface area contributed by atoms with Gasteiger partial charge in [0.1, 0.15) is 5.52 Å². The minimum Gasteiger partial charge on any atom is -0.335 e. The van der Waals surface area contributed by atoms with Crippen molar-refractivity contribution in [2.24, 2.45) is 0 Å². The zero-order chi connectivity index (χ0) is 21.1. The number of hydrogen-bond donors (Lipinski definition) is 3. The predicted molar refractivity (Wildman–Crippen MR) is 124 cm³/mol. The predicted octanol–water partition coefficient (Wildman–Crippen LogP) is 4.92. The minimum absolute atomic E-state index is 0.119. The van der Waals surface area contributed by atoms with Crippen LogP contribution in [0.5, 0.6) is 0 Å². The lowest BCUT2D eigenvalue weighted by Gasteiger charge is -2.23. The van der Waals surface area contributed by atoms with E-state index in [0.717, 1.165) is 41.1 Å². The molecule has 1 aliphatic carbocycles. The van der Waals surface area contributed by atoms with Crippen molar-refractivity contribution in [1.29, 1.82) is 0 Å². The number of urea groups is 1. The van der Waals surface area contributed by atoms with Crippen molar-refractivity contribution in [3.05, 3.63) is 58.1 Å². The zero-order valence-corrected chi connectivity index (χ0v) is 18.3. The molecule has 4 rings (SSSR count). The Morgan fingerprint density at radius 1 is 1.23 bits per heavy atom. The molecule has 2 heterocycles. The Balaban J connectivity index is 1.71. The minimum atomic E-state index is -0.170. The molecule has 2 aromatic heterocycles. The molecule has 30 heavy (non-hydrogen) atoms. The fraction of sp³-hybridized carbons (Fsp3) is 0.391. The summed E-state index contributed by atoms with van der Waals surface area (Å²) in [5, 5.41) is 6.18. The van der Waals surface area contributed by atoms with Gasteiger partial charge in [-0.25, -0.2) is 4.79 Å². The number of anilines is 1. The third-order valence-electron chi connectivity index (χ3n) is 5.74. The van der Waals surface area contributed by atoms with Crippen molar-refractivity contribution >= 4 is 29.0 Å². The Labute approximate surface area is 180 Å². The maximum atomic E-state index is 12.7. The van der Waals surface area contributed by atoms with Crippen LogP contribution in [0.25, 0.3) is 16.8 Å². The SMILES string of the molecule is CSCc1ccc(NC(=O)NC2CCCCC2)c(-c2cc(C)c3c(=O)[nH]ccn23)c1. The molecule has 0 saturated heterocycles. The maximum Gasteiger partial charge on any atom is 0.319 e. The van der Waals surface area contributed by atoms with Crippen molar-refractivity contribution in [2.75, 3.05) is 11.6 Å². The van der Waals surface area contributed by atoms with Crippen LogP contribution < -0.4 is 16.2 Å². The van der Waals surface area contributed by atoms with Gasteiger partial charge >= 0.3 is 6.03 Å². The number of thioether (sulfide) groups is 1. The Morgan fingerprint density at radius 3 is 2.80 bits per heavy atom. The fourth-order valence-corrected chi connectivity index (χ4v) is 4.83. The van der Waals surface area contributed by atoms with Gasteiger partial charge in [0.15, 0.2) is 0 Å². The Kier molecular flexibility index (Phi) is 6.18. The number of amides is 2. The summed E-state index contributed by atoms with van der Waals surface area (Å²) >= 11 is 1.75. The van der Waals surface area contributed by atoms with E-state index in [1.54, 1.807) is 18.0 Å². The van der Waals surface area contributed by atoms with Crippen molar-refractivity contribution in [3.63, 3.8) is 0 Å². The van der Waals surface area contributed by atoms with E-state index in [4.69, 9.17) is 0 Å². The molecule has 0 radical (unpaired) electrons. The van der Waals surface area contributed by atoms with Crippen molar-refractivity contribution in [1.82, 2.24) is 14.7 Å². The molecular weight excluding hydrogens is 396 g/mol. The van der Waals surface area contributed by atoms with E-state index in [1.165, 1.54) is 24.8 Å². The number of nitrogens with one attached hydrogen (secondary N) is 3. The number of rotatable bonds is 5. The van der Waals surface area contributed by atoms with Gasteiger partial charge in [-0.3, -0.25) is 4.79 Å². The fourth-order valence-electron chi connectivity index (χ4n) is 4.32. The van der Waals surface area contributed by atoms with Gasteiger partial charge in [-0.15, -0.1) is 0 Å². The first-order valence-corrected chi connectivity index (χ1v) is 11.9. The van der Waals surface area contributed by atoms with Crippen molar-refractivity contribution < 1.29 is 4.79 Å². The van der Waals surface area contributed by atoms with E-state index < -0.39 is 0 Å². The molecule has 0 bridgehead atoms. The largest absolute Gasteiger partial charge is 0.335 e. The van der Waals surface area contributed by atoms with Crippen LogP contribution in [-0.4, -0.2) is 27.7 Å². The van der Waals surface area contributed by atoms with E-state index in [-0.39, 0.29) is 17.6 Å². The highest BCUT2D eigenvalue weighted by molar-refractivity contribution is 7.97. The van der Waals surface area contributed by atoms with Gasteiger partial charge in [-0.2, -0.15) is 11.8 Å². The monoisotopic (exact) mass is 424 g/mol. The van der Waals surface area contributed by atoms with Crippen LogP contribution in [0, 0.1) is 6.92 Å². The van der Waals surface area contributed by atoms with Gasteiger partial charge in [0.2, 0.25) is 0 Å². The smallest absolute Gasteiger partial charge is 0.319 e. The third kappa shape index (κ3) is 4.26. The number of aryl methyl sites for hydroxylation is 1. The summed E-state index contributed by atoms with van der Waals surface area (Å²) < 4.78 is 1.90. The Hall–Kier alpha value is -2.67. The van der Waals surface area contributed by atoms with Crippen molar-refractivity contribution in [2.45, 2.75) is 50.8 Å². The van der Waals surface area contributed by atoms with Gasteiger partial charge in [-0.1, -0.05) is 25.3 Å². The second-order valence-corrected chi connectivity index (χ2v) is 8.83. The first-order chi connectivity index (χ1) is 14.6. The first kappa shape index (κ1) is 20.6. The molecule has 0 aliphatic heterocycles. The lowest BCUT2D eigenvalue weighted by Crippen LogP contribution is -2.39. The number of benzene rings is 1. The van der Waals surface area contributed by atoms with Gasteiger partial charge in [0, 0.05) is 29.8 Å². The Bertz CT molecular complexity index is 1110. The molecule has 0 unspecified atom stereocenters. The molecule has 0 atom stereocenters. The Morgan fingerprint density at radius 2 is 2.03 bits per heavy atom. The zero-order valence-electron chi connectivity index (χ0n) is 17.5. The molecular formula is C23H28N4O2S. The second-order valence-electron chi connectivity index (χ2n) is 7.97. The van der Waals surface area contributed by atoms with Crippen LogP contribution in [0.2, 0.25) is 0 Å². The number of carbonyl (C=O) groups is 1. The number of fused-ring (bicyclic) bond motifs is 1. The highest BCUT2D eigenvalue weighted by Crippen LogP contribution is 2.32. The molecule has 3 aromatic rings. The molecule has 1 aliphatic rings. The standard InChI is InChI=1S/C23H28N4O2S/c1-15-12-20(27-11-10-24-22(28)21(15)27)18-13-16(14-30-2)8-9-19(18)26-23(29)25-17-6-4-3-5-7-17/h8-13,17H,3-7,14H2,1-2H3,(H,24,28)(H2,25,26,29). The van der Waals surface area contributed by atoms with Gasteiger partial charge < -0.3 is 20.0 Å². The molecule has 1 fully saturated rings. The van der Waals surface area contributed by atoms with Crippen LogP contribution in [0.15, 0.2) is 41.5 Å². The molecule has 158 valence electrons.